The first kappa shape index (κ1) is 17.7. The van der Waals surface area contributed by atoms with Crippen LogP contribution in [0.25, 0.3) is 0 Å². The van der Waals surface area contributed by atoms with Gasteiger partial charge in [-0.25, -0.2) is 8.42 Å². The van der Waals surface area contributed by atoms with Crippen molar-refractivity contribution >= 4 is 15.7 Å². The lowest BCUT2D eigenvalue weighted by Crippen LogP contribution is -2.25. The van der Waals surface area contributed by atoms with Crippen molar-refractivity contribution in [3.8, 4) is 12.3 Å². The second kappa shape index (κ2) is 8.27. The molecule has 0 saturated carbocycles. The minimum absolute atomic E-state index is 0.0718. The molecule has 1 N–H and O–H groups in total. The molecule has 1 heterocycles. The fraction of sp³-hybridized carbons (Fsp3) is 0.222. The van der Waals surface area contributed by atoms with Gasteiger partial charge in [0.2, 0.25) is 5.91 Å². The molecule has 0 fully saturated rings. The lowest BCUT2D eigenvalue weighted by atomic mass is 10.1. The summed E-state index contributed by atoms with van der Waals surface area (Å²) in [4.78, 5) is 15.8. The third-order valence-corrected chi connectivity index (χ3v) is 4.91. The van der Waals surface area contributed by atoms with Gasteiger partial charge >= 0.3 is 0 Å². The van der Waals surface area contributed by atoms with Crippen LogP contribution in [0.15, 0.2) is 48.7 Å². The summed E-state index contributed by atoms with van der Waals surface area (Å²) in [5.41, 5.74) is 2.15. The molecule has 2 rings (SSSR count). The van der Waals surface area contributed by atoms with E-state index in [1.165, 1.54) is 0 Å². The fourth-order valence-corrected chi connectivity index (χ4v) is 3.30. The van der Waals surface area contributed by atoms with E-state index in [0.717, 1.165) is 11.1 Å². The number of amides is 1. The Morgan fingerprint density at radius 2 is 1.92 bits per heavy atom. The van der Waals surface area contributed by atoms with Gasteiger partial charge in [0.1, 0.15) is 0 Å². The molecule has 6 heteroatoms. The fourth-order valence-electron chi connectivity index (χ4n) is 2.04. The maximum absolute atomic E-state index is 12.0. The zero-order valence-corrected chi connectivity index (χ0v) is 13.9. The van der Waals surface area contributed by atoms with Crippen molar-refractivity contribution < 1.29 is 13.2 Å². The summed E-state index contributed by atoms with van der Waals surface area (Å²) in [6.45, 7) is 0.337. The molecule has 0 aliphatic carbocycles. The molecule has 0 atom stereocenters. The molecule has 2 aromatic rings. The second-order valence-electron chi connectivity index (χ2n) is 5.28. The lowest BCUT2D eigenvalue weighted by molar-refractivity contribution is -0.120. The molecule has 124 valence electrons. The molecule has 0 unspecified atom stereocenters. The highest BCUT2D eigenvalue weighted by Gasteiger charge is 2.15. The van der Waals surface area contributed by atoms with E-state index in [9.17, 15) is 13.2 Å². The van der Waals surface area contributed by atoms with E-state index >= 15 is 0 Å². The van der Waals surface area contributed by atoms with Gasteiger partial charge in [0, 0.05) is 24.7 Å². The Balaban J connectivity index is 1.78. The molecule has 0 aliphatic heterocycles. The highest BCUT2D eigenvalue weighted by molar-refractivity contribution is 7.90. The molecule has 0 radical (unpaired) electrons. The first-order valence-electron chi connectivity index (χ1n) is 7.41. The molecule has 0 aliphatic rings. The largest absolute Gasteiger partial charge is 0.352 e. The molecule has 5 nitrogen and oxygen atoms in total. The van der Waals surface area contributed by atoms with Gasteiger partial charge in [-0.1, -0.05) is 24.1 Å². The predicted molar refractivity (Wildman–Crippen MR) is 92.6 cm³/mol. The van der Waals surface area contributed by atoms with E-state index < -0.39 is 9.84 Å². The van der Waals surface area contributed by atoms with Crippen molar-refractivity contribution in [1.82, 2.24) is 10.3 Å². The SMILES string of the molecule is C#Cc1ccc(CNC(=O)CCS(=O)(=O)Cc2ccccn2)cc1. The van der Waals surface area contributed by atoms with Crippen LogP contribution in [0.4, 0.5) is 0 Å². The lowest BCUT2D eigenvalue weighted by Gasteiger charge is -2.06. The minimum atomic E-state index is -3.37. The number of rotatable bonds is 7. The Morgan fingerprint density at radius 3 is 2.54 bits per heavy atom. The van der Waals surface area contributed by atoms with Gasteiger partial charge in [0.25, 0.3) is 0 Å². The van der Waals surface area contributed by atoms with Gasteiger partial charge in [-0.2, -0.15) is 0 Å². The van der Waals surface area contributed by atoms with Gasteiger partial charge in [-0.05, 0) is 29.8 Å². The highest BCUT2D eigenvalue weighted by atomic mass is 32.2. The first-order chi connectivity index (χ1) is 11.5. The number of hydrogen-bond donors (Lipinski definition) is 1. The average Bonchev–Trinajstić information content (AvgIpc) is 2.59. The monoisotopic (exact) mass is 342 g/mol. The Hall–Kier alpha value is -2.65. The van der Waals surface area contributed by atoms with E-state index in [2.05, 4.69) is 16.2 Å². The topological polar surface area (TPSA) is 76.1 Å². The van der Waals surface area contributed by atoms with Crippen molar-refractivity contribution in [3.05, 3.63) is 65.5 Å². The maximum atomic E-state index is 12.0. The van der Waals surface area contributed by atoms with Crippen molar-refractivity contribution in [2.24, 2.45) is 0 Å². The van der Waals surface area contributed by atoms with E-state index in [1.807, 2.05) is 12.1 Å². The van der Waals surface area contributed by atoms with Gasteiger partial charge in [-0.3, -0.25) is 9.78 Å². The van der Waals surface area contributed by atoms with Crippen LogP contribution in [-0.2, 0) is 26.9 Å². The Labute approximate surface area is 142 Å². The van der Waals surface area contributed by atoms with Crippen molar-refractivity contribution in [2.75, 3.05) is 5.75 Å². The van der Waals surface area contributed by atoms with Crippen LogP contribution in [-0.4, -0.2) is 25.1 Å². The maximum Gasteiger partial charge on any atom is 0.221 e. The summed E-state index contributed by atoms with van der Waals surface area (Å²) in [7, 11) is -3.37. The summed E-state index contributed by atoms with van der Waals surface area (Å²) in [5.74, 6) is 1.85. The number of pyridine rings is 1. The number of carbonyl (C=O) groups is 1. The molecule has 1 aromatic heterocycles. The number of terminal acetylenes is 1. The number of aromatic nitrogens is 1. The third-order valence-electron chi connectivity index (χ3n) is 3.34. The molecule has 24 heavy (non-hydrogen) atoms. The van der Waals surface area contributed by atoms with E-state index in [4.69, 9.17) is 6.42 Å². The van der Waals surface area contributed by atoms with Crippen LogP contribution >= 0.6 is 0 Å². The standard InChI is InChI=1S/C18H18N2O3S/c1-2-15-6-8-16(9-7-15)13-20-18(21)10-12-24(22,23)14-17-5-3-4-11-19-17/h1,3-9,11H,10,12-14H2,(H,20,21). The van der Waals surface area contributed by atoms with E-state index in [0.29, 0.717) is 12.2 Å². The summed E-state index contributed by atoms with van der Waals surface area (Å²) in [6.07, 6.45) is 6.75. The summed E-state index contributed by atoms with van der Waals surface area (Å²) in [6, 6.07) is 12.3. The number of carbonyl (C=O) groups excluding carboxylic acids is 1. The third kappa shape index (κ3) is 5.86. The zero-order chi connectivity index (χ0) is 17.4. The summed E-state index contributed by atoms with van der Waals surface area (Å²) in [5, 5.41) is 2.70. The number of benzene rings is 1. The van der Waals surface area contributed by atoms with Crippen LogP contribution in [0.2, 0.25) is 0 Å². The average molecular weight is 342 g/mol. The number of nitrogens with zero attached hydrogens (tertiary/aromatic N) is 1. The molecular weight excluding hydrogens is 324 g/mol. The quantitative estimate of drug-likeness (QED) is 0.777. The summed E-state index contributed by atoms with van der Waals surface area (Å²) >= 11 is 0. The van der Waals surface area contributed by atoms with E-state index in [1.54, 1.807) is 36.5 Å². The van der Waals surface area contributed by atoms with Gasteiger partial charge in [0.15, 0.2) is 9.84 Å². The Morgan fingerprint density at radius 1 is 1.17 bits per heavy atom. The smallest absolute Gasteiger partial charge is 0.221 e. The van der Waals surface area contributed by atoms with Crippen molar-refractivity contribution in [1.29, 1.82) is 0 Å². The van der Waals surface area contributed by atoms with Crippen molar-refractivity contribution in [2.45, 2.75) is 18.7 Å². The van der Waals surface area contributed by atoms with Gasteiger partial charge in [0.05, 0.1) is 17.2 Å². The molecular formula is C18H18N2O3S. The van der Waals surface area contributed by atoms with Crippen molar-refractivity contribution in [3.63, 3.8) is 0 Å². The van der Waals surface area contributed by atoms with Crippen LogP contribution in [0, 0.1) is 12.3 Å². The molecule has 0 bridgehead atoms. The van der Waals surface area contributed by atoms with Gasteiger partial charge < -0.3 is 5.32 Å². The molecule has 1 aromatic carbocycles. The Bertz CT molecular complexity index is 823. The minimum Gasteiger partial charge on any atom is -0.352 e. The number of sulfone groups is 1. The van der Waals surface area contributed by atoms with E-state index in [-0.39, 0.29) is 23.8 Å². The summed E-state index contributed by atoms with van der Waals surface area (Å²) < 4.78 is 24.0. The number of hydrogen-bond acceptors (Lipinski definition) is 4. The van der Waals surface area contributed by atoms with Gasteiger partial charge in [-0.15, -0.1) is 6.42 Å². The molecule has 0 saturated heterocycles. The normalized spacial score (nSPS) is 10.8. The second-order valence-corrected chi connectivity index (χ2v) is 7.47. The molecule has 0 spiro atoms. The Kier molecular flexibility index (Phi) is 6.10. The first-order valence-corrected chi connectivity index (χ1v) is 9.23. The van der Waals surface area contributed by atoms with Crippen LogP contribution in [0.1, 0.15) is 23.2 Å². The predicted octanol–water partition coefficient (Wildman–Crippen LogP) is 1.68. The van der Waals surface area contributed by atoms with Crippen LogP contribution in [0.3, 0.4) is 0 Å². The zero-order valence-electron chi connectivity index (χ0n) is 13.1. The van der Waals surface area contributed by atoms with Crippen LogP contribution < -0.4 is 5.32 Å². The van der Waals surface area contributed by atoms with Crippen LogP contribution in [0.5, 0.6) is 0 Å². The highest BCUT2D eigenvalue weighted by Crippen LogP contribution is 2.06. The molecule has 1 amide bonds. The number of nitrogens with one attached hydrogen (secondary N) is 1.